The Balaban J connectivity index is 1.36. The molecule has 0 saturated carbocycles. The number of piperidine rings is 1. The topological polar surface area (TPSA) is 45.2 Å². The zero-order valence-electron chi connectivity index (χ0n) is 15.6. The smallest absolute Gasteiger partial charge is 0.119 e. The summed E-state index contributed by atoms with van der Waals surface area (Å²) in [5, 5.41) is 10.3. The molecule has 2 saturated heterocycles. The number of β-amino-alcohol motifs (C(OH)–C–C–N with tert-alkyl or cyclic N) is 1. The minimum atomic E-state index is -0.443. The predicted molar refractivity (Wildman–Crippen MR) is 99.1 cm³/mol. The Morgan fingerprint density at radius 3 is 2.60 bits per heavy atom. The van der Waals surface area contributed by atoms with E-state index in [1.54, 1.807) is 0 Å². The van der Waals surface area contributed by atoms with Gasteiger partial charge in [0.2, 0.25) is 0 Å². The molecular weight excluding hydrogens is 316 g/mol. The van der Waals surface area contributed by atoms with Gasteiger partial charge in [-0.1, -0.05) is 17.7 Å². The van der Waals surface area contributed by atoms with Gasteiger partial charge >= 0.3 is 0 Å². The lowest BCUT2D eigenvalue weighted by molar-refractivity contribution is -0.0455. The van der Waals surface area contributed by atoms with Crippen molar-refractivity contribution in [3.63, 3.8) is 0 Å². The molecular formula is C20H32N2O3. The number of benzene rings is 1. The number of rotatable bonds is 6. The van der Waals surface area contributed by atoms with Crippen molar-refractivity contribution in [2.45, 2.75) is 44.9 Å². The van der Waals surface area contributed by atoms with E-state index in [0.29, 0.717) is 25.3 Å². The minimum absolute atomic E-state index is 0.351. The number of ether oxygens (including phenoxy) is 2. The fourth-order valence-corrected chi connectivity index (χ4v) is 3.82. The maximum absolute atomic E-state index is 10.3. The lowest BCUT2D eigenvalue weighted by atomic mass is 10.0. The van der Waals surface area contributed by atoms with Crippen molar-refractivity contribution in [1.82, 2.24) is 9.80 Å². The van der Waals surface area contributed by atoms with E-state index in [0.717, 1.165) is 38.5 Å². The van der Waals surface area contributed by atoms with Crippen LogP contribution in [0.15, 0.2) is 24.3 Å². The number of nitrogens with zero attached hydrogens (tertiary/aromatic N) is 2. The molecule has 2 fully saturated rings. The van der Waals surface area contributed by atoms with Crippen molar-refractivity contribution < 1.29 is 14.6 Å². The van der Waals surface area contributed by atoms with Gasteiger partial charge in [0.25, 0.3) is 0 Å². The third-order valence-corrected chi connectivity index (χ3v) is 5.28. The van der Waals surface area contributed by atoms with Gasteiger partial charge in [-0.25, -0.2) is 0 Å². The molecule has 5 heteroatoms. The largest absolute Gasteiger partial charge is 0.491 e. The molecule has 1 aromatic carbocycles. The van der Waals surface area contributed by atoms with Crippen molar-refractivity contribution in [1.29, 1.82) is 0 Å². The summed E-state index contributed by atoms with van der Waals surface area (Å²) in [6.45, 7) is 10.3. The first-order valence-corrected chi connectivity index (χ1v) is 9.55. The molecule has 2 unspecified atom stereocenters. The SMILES string of the molecule is Cc1ccc(OCC(O)CN2CCC(N3CCOC(C)C3)CC2)cc1. The number of morpholine rings is 1. The first-order valence-electron chi connectivity index (χ1n) is 9.55. The predicted octanol–water partition coefficient (Wildman–Crippen LogP) is 1.92. The van der Waals surface area contributed by atoms with E-state index >= 15 is 0 Å². The van der Waals surface area contributed by atoms with Crippen molar-refractivity contribution in [3.8, 4) is 5.75 Å². The first-order chi connectivity index (χ1) is 12.1. The van der Waals surface area contributed by atoms with Crippen molar-refractivity contribution >= 4 is 0 Å². The molecule has 0 spiro atoms. The highest BCUT2D eigenvalue weighted by atomic mass is 16.5. The molecule has 2 aliphatic heterocycles. The Morgan fingerprint density at radius 1 is 1.20 bits per heavy atom. The van der Waals surface area contributed by atoms with Crippen LogP contribution in [0.2, 0.25) is 0 Å². The highest BCUT2D eigenvalue weighted by molar-refractivity contribution is 5.26. The van der Waals surface area contributed by atoms with Crippen LogP contribution in [-0.4, -0.2) is 79.1 Å². The maximum atomic E-state index is 10.3. The van der Waals surface area contributed by atoms with Gasteiger partial charge in [-0.15, -0.1) is 0 Å². The molecule has 3 rings (SSSR count). The first kappa shape index (κ1) is 18.6. The van der Waals surface area contributed by atoms with Crippen LogP contribution in [-0.2, 0) is 4.74 Å². The van der Waals surface area contributed by atoms with Gasteiger partial charge in [0.05, 0.1) is 12.7 Å². The number of hydrogen-bond donors (Lipinski definition) is 1. The average Bonchev–Trinajstić information content (AvgIpc) is 2.62. The fourth-order valence-electron chi connectivity index (χ4n) is 3.82. The zero-order valence-corrected chi connectivity index (χ0v) is 15.6. The summed E-state index contributed by atoms with van der Waals surface area (Å²) < 4.78 is 11.3. The molecule has 0 bridgehead atoms. The van der Waals surface area contributed by atoms with E-state index in [9.17, 15) is 5.11 Å². The molecule has 1 aromatic rings. The van der Waals surface area contributed by atoms with Crippen molar-refractivity contribution in [2.24, 2.45) is 0 Å². The second-order valence-corrected chi connectivity index (χ2v) is 7.49. The maximum Gasteiger partial charge on any atom is 0.119 e. The lowest BCUT2D eigenvalue weighted by Gasteiger charge is -2.42. The van der Waals surface area contributed by atoms with Gasteiger partial charge in [-0.2, -0.15) is 0 Å². The van der Waals surface area contributed by atoms with E-state index in [-0.39, 0.29) is 0 Å². The number of aryl methyl sites for hydroxylation is 1. The summed E-state index contributed by atoms with van der Waals surface area (Å²) in [6.07, 6.45) is 2.27. The summed E-state index contributed by atoms with van der Waals surface area (Å²) >= 11 is 0. The molecule has 5 nitrogen and oxygen atoms in total. The molecule has 0 radical (unpaired) electrons. The fraction of sp³-hybridized carbons (Fsp3) is 0.700. The molecule has 2 atom stereocenters. The third kappa shape index (κ3) is 5.68. The van der Waals surface area contributed by atoms with Crippen molar-refractivity contribution in [3.05, 3.63) is 29.8 Å². The monoisotopic (exact) mass is 348 g/mol. The third-order valence-electron chi connectivity index (χ3n) is 5.28. The van der Waals surface area contributed by atoms with Crippen LogP contribution >= 0.6 is 0 Å². The van der Waals surface area contributed by atoms with E-state index < -0.39 is 6.10 Å². The second-order valence-electron chi connectivity index (χ2n) is 7.49. The molecule has 0 aromatic heterocycles. The highest BCUT2D eigenvalue weighted by Gasteiger charge is 2.28. The Morgan fingerprint density at radius 2 is 1.92 bits per heavy atom. The standard InChI is InChI=1S/C20H32N2O3/c1-16-3-5-20(6-4-16)25-15-19(23)14-21-9-7-18(8-10-21)22-11-12-24-17(2)13-22/h3-6,17-19,23H,7-15H2,1-2H3. The van der Waals surface area contributed by atoms with Gasteiger partial charge in [0.15, 0.2) is 0 Å². The van der Waals surface area contributed by atoms with Gasteiger partial charge in [0, 0.05) is 25.7 Å². The minimum Gasteiger partial charge on any atom is -0.491 e. The molecule has 25 heavy (non-hydrogen) atoms. The quantitative estimate of drug-likeness (QED) is 0.851. The Kier molecular flexibility index (Phi) is 6.70. The van der Waals surface area contributed by atoms with E-state index in [2.05, 4.69) is 23.6 Å². The molecule has 0 aliphatic carbocycles. The Bertz CT molecular complexity index is 514. The van der Waals surface area contributed by atoms with Gasteiger partial charge in [-0.3, -0.25) is 4.90 Å². The molecule has 0 amide bonds. The summed E-state index contributed by atoms with van der Waals surface area (Å²) in [7, 11) is 0. The number of aliphatic hydroxyl groups excluding tert-OH is 1. The Labute approximate surface area is 151 Å². The van der Waals surface area contributed by atoms with Crippen LogP contribution in [0.5, 0.6) is 5.75 Å². The average molecular weight is 348 g/mol. The molecule has 2 heterocycles. The lowest BCUT2D eigenvalue weighted by Crippen LogP contribution is -2.51. The number of hydrogen-bond acceptors (Lipinski definition) is 5. The van der Waals surface area contributed by atoms with Crippen molar-refractivity contribution in [2.75, 3.05) is 45.9 Å². The highest BCUT2D eigenvalue weighted by Crippen LogP contribution is 2.19. The summed E-state index contributed by atoms with van der Waals surface area (Å²) in [5.74, 6) is 0.824. The summed E-state index contributed by atoms with van der Waals surface area (Å²) in [4.78, 5) is 4.95. The zero-order chi connectivity index (χ0) is 17.6. The van der Waals surface area contributed by atoms with Gasteiger partial charge < -0.3 is 19.5 Å². The van der Waals surface area contributed by atoms with Gasteiger partial charge in [0.1, 0.15) is 18.5 Å². The van der Waals surface area contributed by atoms with Gasteiger partial charge in [-0.05, 0) is 51.9 Å². The van der Waals surface area contributed by atoms with E-state index in [1.807, 2.05) is 24.3 Å². The van der Waals surface area contributed by atoms with E-state index in [4.69, 9.17) is 9.47 Å². The Hall–Kier alpha value is -1.14. The van der Waals surface area contributed by atoms with Crippen LogP contribution in [0.25, 0.3) is 0 Å². The summed E-state index contributed by atoms with van der Waals surface area (Å²) in [5.41, 5.74) is 1.21. The normalized spacial score (nSPS) is 25.0. The van der Waals surface area contributed by atoms with Crippen LogP contribution in [0.4, 0.5) is 0 Å². The van der Waals surface area contributed by atoms with E-state index in [1.165, 1.54) is 18.4 Å². The number of aliphatic hydroxyl groups is 1. The van der Waals surface area contributed by atoms with Crippen LogP contribution in [0.1, 0.15) is 25.3 Å². The summed E-state index contributed by atoms with van der Waals surface area (Å²) in [6, 6.07) is 8.63. The second kappa shape index (κ2) is 8.99. The molecule has 140 valence electrons. The van der Waals surface area contributed by atoms with Crippen LogP contribution in [0, 0.1) is 6.92 Å². The molecule has 1 N–H and O–H groups in total. The van der Waals surface area contributed by atoms with Crippen LogP contribution in [0.3, 0.4) is 0 Å². The number of likely N-dealkylation sites (tertiary alicyclic amines) is 1. The molecule has 2 aliphatic rings. The van der Waals surface area contributed by atoms with Crippen LogP contribution < -0.4 is 4.74 Å².